The molecule has 2 aromatic carbocycles. The van der Waals surface area contributed by atoms with E-state index >= 15 is 0 Å². The molecule has 0 aliphatic rings. The third-order valence-electron chi connectivity index (χ3n) is 2.96. The van der Waals surface area contributed by atoms with E-state index in [1.165, 1.54) is 11.3 Å². The Hall–Kier alpha value is -2.12. The molecule has 1 heterocycles. The SMILES string of the molecule is CNc1ccccc1S(=O)(=O)Nc1nc2ccccc2s1. The number of benzene rings is 2. The van der Waals surface area contributed by atoms with E-state index in [9.17, 15) is 8.42 Å². The lowest BCUT2D eigenvalue weighted by atomic mass is 10.3. The van der Waals surface area contributed by atoms with Crippen LogP contribution < -0.4 is 10.0 Å². The first kappa shape index (κ1) is 13.8. The van der Waals surface area contributed by atoms with Crippen molar-refractivity contribution in [1.29, 1.82) is 0 Å². The minimum Gasteiger partial charge on any atom is -0.387 e. The summed E-state index contributed by atoms with van der Waals surface area (Å²) in [5.41, 5.74) is 1.33. The van der Waals surface area contributed by atoms with Crippen molar-refractivity contribution in [1.82, 2.24) is 4.98 Å². The number of rotatable bonds is 4. The first-order chi connectivity index (χ1) is 10.1. The van der Waals surface area contributed by atoms with Crippen LogP contribution in [0.1, 0.15) is 0 Å². The van der Waals surface area contributed by atoms with Gasteiger partial charge >= 0.3 is 0 Å². The number of nitrogens with zero attached hydrogens (tertiary/aromatic N) is 1. The second kappa shape index (κ2) is 5.34. The lowest BCUT2D eigenvalue weighted by molar-refractivity contribution is 0.601. The van der Waals surface area contributed by atoms with Crippen LogP contribution in [-0.4, -0.2) is 20.4 Å². The number of sulfonamides is 1. The summed E-state index contributed by atoms with van der Waals surface area (Å²) < 4.78 is 28.4. The highest BCUT2D eigenvalue weighted by Crippen LogP contribution is 2.29. The van der Waals surface area contributed by atoms with Gasteiger partial charge in [-0.2, -0.15) is 0 Å². The maximum Gasteiger partial charge on any atom is 0.265 e. The van der Waals surface area contributed by atoms with Gasteiger partial charge in [0.1, 0.15) is 4.90 Å². The number of para-hydroxylation sites is 2. The molecule has 0 spiro atoms. The van der Waals surface area contributed by atoms with Crippen molar-refractivity contribution >= 4 is 42.4 Å². The van der Waals surface area contributed by atoms with E-state index in [0.717, 1.165) is 10.2 Å². The molecule has 0 aliphatic heterocycles. The highest BCUT2D eigenvalue weighted by molar-refractivity contribution is 7.93. The average Bonchev–Trinajstić information content (AvgIpc) is 2.88. The molecule has 0 unspecified atom stereocenters. The van der Waals surface area contributed by atoms with E-state index in [-0.39, 0.29) is 4.90 Å². The molecule has 0 saturated carbocycles. The van der Waals surface area contributed by atoms with Gasteiger partial charge in [-0.1, -0.05) is 35.6 Å². The molecule has 2 N–H and O–H groups in total. The van der Waals surface area contributed by atoms with Crippen LogP contribution in [0.25, 0.3) is 10.2 Å². The molecular weight excluding hydrogens is 306 g/mol. The van der Waals surface area contributed by atoms with E-state index in [2.05, 4.69) is 15.0 Å². The monoisotopic (exact) mass is 319 g/mol. The number of nitrogens with one attached hydrogen (secondary N) is 2. The molecule has 0 saturated heterocycles. The summed E-state index contributed by atoms with van der Waals surface area (Å²) in [5.74, 6) is 0. The maximum absolute atomic E-state index is 12.5. The van der Waals surface area contributed by atoms with Gasteiger partial charge in [0.05, 0.1) is 15.9 Å². The Labute approximate surface area is 126 Å². The molecule has 108 valence electrons. The zero-order valence-corrected chi connectivity index (χ0v) is 12.8. The Kier molecular flexibility index (Phi) is 3.52. The molecule has 0 atom stereocenters. The third-order valence-corrected chi connectivity index (χ3v) is 5.44. The van der Waals surface area contributed by atoms with Crippen molar-refractivity contribution in [3.8, 4) is 0 Å². The summed E-state index contributed by atoms with van der Waals surface area (Å²) in [7, 11) is -1.98. The number of thiazole rings is 1. The van der Waals surface area contributed by atoms with Gasteiger partial charge in [0.15, 0.2) is 5.13 Å². The number of aromatic nitrogens is 1. The van der Waals surface area contributed by atoms with Crippen LogP contribution in [0.15, 0.2) is 53.4 Å². The van der Waals surface area contributed by atoms with E-state index in [0.29, 0.717) is 10.8 Å². The van der Waals surface area contributed by atoms with Crippen LogP contribution in [0.5, 0.6) is 0 Å². The molecule has 7 heteroatoms. The molecule has 0 radical (unpaired) electrons. The zero-order valence-electron chi connectivity index (χ0n) is 11.2. The third kappa shape index (κ3) is 2.70. The van der Waals surface area contributed by atoms with E-state index in [1.54, 1.807) is 31.3 Å². The Morgan fingerprint density at radius 2 is 1.76 bits per heavy atom. The second-order valence-corrected chi connectivity index (χ2v) is 7.02. The summed E-state index contributed by atoms with van der Waals surface area (Å²) in [6.07, 6.45) is 0. The molecular formula is C14H13N3O2S2. The summed E-state index contributed by atoms with van der Waals surface area (Å²) in [6.45, 7) is 0. The molecule has 1 aromatic heterocycles. The molecule has 0 fully saturated rings. The smallest absolute Gasteiger partial charge is 0.265 e. The van der Waals surface area contributed by atoms with Gasteiger partial charge in [0.2, 0.25) is 0 Å². The molecule has 0 amide bonds. The zero-order chi connectivity index (χ0) is 14.9. The second-order valence-electron chi connectivity index (χ2n) is 4.34. The van der Waals surface area contributed by atoms with Crippen LogP contribution >= 0.6 is 11.3 Å². The fraction of sp³-hybridized carbons (Fsp3) is 0.0714. The summed E-state index contributed by atoms with van der Waals surface area (Å²) in [6, 6.07) is 14.3. The van der Waals surface area contributed by atoms with Gasteiger partial charge < -0.3 is 5.32 Å². The first-order valence-electron chi connectivity index (χ1n) is 6.25. The van der Waals surface area contributed by atoms with Gasteiger partial charge in [0, 0.05) is 7.05 Å². The number of fused-ring (bicyclic) bond motifs is 1. The molecule has 0 aliphatic carbocycles. The minimum atomic E-state index is -3.67. The first-order valence-corrected chi connectivity index (χ1v) is 8.55. The van der Waals surface area contributed by atoms with Gasteiger partial charge in [-0.05, 0) is 24.3 Å². The van der Waals surface area contributed by atoms with Crippen LogP contribution in [0.3, 0.4) is 0 Å². The molecule has 0 bridgehead atoms. The summed E-state index contributed by atoms with van der Waals surface area (Å²) in [5, 5.41) is 3.24. The van der Waals surface area contributed by atoms with Gasteiger partial charge in [-0.15, -0.1) is 0 Å². The Balaban J connectivity index is 1.99. The predicted molar refractivity (Wildman–Crippen MR) is 86.4 cm³/mol. The lowest BCUT2D eigenvalue weighted by Gasteiger charge is -2.09. The van der Waals surface area contributed by atoms with Crippen molar-refractivity contribution < 1.29 is 8.42 Å². The largest absolute Gasteiger partial charge is 0.387 e. The fourth-order valence-electron chi connectivity index (χ4n) is 1.99. The van der Waals surface area contributed by atoms with Crippen molar-refractivity contribution in [3.63, 3.8) is 0 Å². The van der Waals surface area contributed by atoms with Gasteiger partial charge in [0.25, 0.3) is 10.0 Å². The van der Waals surface area contributed by atoms with Crippen molar-refractivity contribution in [2.24, 2.45) is 0 Å². The number of hydrogen-bond acceptors (Lipinski definition) is 5. The highest BCUT2D eigenvalue weighted by atomic mass is 32.2. The van der Waals surface area contributed by atoms with Gasteiger partial charge in [-0.25, -0.2) is 13.4 Å². The average molecular weight is 319 g/mol. The van der Waals surface area contributed by atoms with Crippen LogP contribution in [0, 0.1) is 0 Å². The van der Waals surface area contributed by atoms with Gasteiger partial charge in [-0.3, -0.25) is 4.72 Å². The predicted octanol–water partition coefficient (Wildman–Crippen LogP) is 3.14. The van der Waals surface area contributed by atoms with E-state index < -0.39 is 10.0 Å². The Bertz CT molecular complexity index is 855. The van der Waals surface area contributed by atoms with Crippen molar-refractivity contribution in [3.05, 3.63) is 48.5 Å². The highest BCUT2D eigenvalue weighted by Gasteiger charge is 2.19. The Morgan fingerprint density at radius 1 is 1.05 bits per heavy atom. The van der Waals surface area contributed by atoms with Crippen molar-refractivity contribution in [2.75, 3.05) is 17.1 Å². The quantitative estimate of drug-likeness (QED) is 0.775. The standard InChI is InChI=1S/C14H13N3O2S2/c1-15-11-7-3-5-9-13(11)21(18,19)17-14-16-10-6-2-4-8-12(10)20-14/h2-9,15H,1H3,(H,16,17). The van der Waals surface area contributed by atoms with E-state index in [4.69, 9.17) is 0 Å². The lowest BCUT2D eigenvalue weighted by Crippen LogP contribution is -2.14. The number of anilines is 2. The molecule has 3 rings (SSSR count). The summed E-state index contributed by atoms with van der Waals surface area (Å²) >= 11 is 1.31. The molecule has 3 aromatic rings. The van der Waals surface area contributed by atoms with Crippen LogP contribution in [-0.2, 0) is 10.0 Å². The molecule has 5 nitrogen and oxygen atoms in total. The van der Waals surface area contributed by atoms with Crippen LogP contribution in [0.2, 0.25) is 0 Å². The topological polar surface area (TPSA) is 71.1 Å². The minimum absolute atomic E-state index is 0.201. The maximum atomic E-state index is 12.5. The fourth-order valence-corrected chi connectivity index (χ4v) is 4.31. The van der Waals surface area contributed by atoms with E-state index in [1.807, 2.05) is 24.3 Å². The van der Waals surface area contributed by atoms with Crippen molar-refractivity contribution in [2.45, 2.75) is 4.90 Å². The summed E-state index contributed by atoms with van der Waals surface area (Å²) in [4.78, 5) is 4.49. The Morgan fingerprint density at radius 3 is 2.52 bits per heavy atom. The van der Waals surface area contributed by atoms with Crippen LogP contribution in [0.4, 0.5) is 10.8 Å². The molecule has 21 heavy (non-hydrogen) atoms. The normalized spacial score (nSPS) is 11.5. The number of hydrogen-bond donors (Lipinski definition) is 2.